The van der Waals surface area contributed by atoms with Crippen molar-refractivity contribution in [3.8, 4) is 5.75 Å². The number of hydrogen-bond acceptors (Lipinski definition) is 2. The predicted octanol–water partition coefficient (Wildman–Crippen LogP) is 3.08. The van der Waals surface area contributed by atoms with E-state index in [0.29, 0.717) is 9.99 Å². The fourth-order valence-corrected chi connectivity index (χ4v) is 2.32. The number of methoxy groups -OCH3 is 1. The highest BCUT2D eigenvalue weighted by atomic mass is 127. The number of nitrogens with zero attached hydrogens (tertiary/aromatic N) is 1. The number of benzene rings is 1. The van der Waals surface area contributed by atoms with Crippen LogP contribution in [0.3, 0.4) is 0 Å². The third-order valence-corrected chi connectivity index (χ3v) is 3.27. The predicted molar refractivity (Wildman–Crippen MR) is 63.0 cm³/mol. The largest absolute Gasteiger partial charge is 0.492 e. The van der Waals surface area contributed by atoms with E-state index < -0.39 is 5.82 Å². The van der Waals surface area contributed by atoms with E-state index in [1.54, 1.807) is 6.07 Å². The molecule has 0 spiro atoms. The molecule has 1 aromatic heterocycles. The summed E-state index contributed by atoms with van der Waals surface area (Å²) in [5, 5.41) is 7.32. The Morgan fingerprint density at radius 3 is 3.00 bits per heavy atom. The zero-order chi connectivity index (χ0) is 10.3. The lowest BCUT2D eigenvalue weighted by Crippen LogP contribution is -1.90. The van der Waals surface area contributed by atoms with Crippen molar-refractivity contribution in [1.82, 2.24) is 10.2 Å². The maximum Gasteiger partial charge on any atom is 0.194 e. The van der Waals surface area contributed by atoms with Crippen molar-refractivity contribution in [2.45, 2.75) is 0 Å². The van der Waals surface area contributed by atoms with Gasteiger partial charge in [0, 0.05) is 5.39 Å². The van der Waals surface area contributed by atoms with Crippen molar-refractivity contribution >= 4 is 49.4 Å². The normalized spacial score (nSPS) is 10.9. The average molecular weight is 371 g/mol. The van der Waals surface area contributed by atoms with Gasteiger partial charge in [-0.05, 0) is 44.6 Å². The number of hydrogen-bond donors (Lipinski definition) is 1. The quantitative estimate of drug-likeness (QED) is 0.783. The number of ether oxygens (including phenoxy) is 1. The molecule has 0 aliphatic heterocycles. The fraction of sp³-hybridized carbons (Fsp3) is 0.125. The molecule has 0 atom stereocenters. The Labute approximate surface area is 101 Å². The smallest absolute Gasteiger partial charge is 0.194 e. The SMILES string of the molecule is COc1c(Br)cc2c(I)[nH]nc2c1F. The standard InChI is InChI=1S/C8H5BrFIN2O/c1-14-7-4(9)2-3-6(5(7)10)12-13-8(3)11/h2H,1H3,(H,12,13). The molecule has 2 rings (SSSR count). The Hall–Kier alpha value is -0.370. The first-order valence-corrected chi connectivity index (χ1v) is 5.58. The molecule has 0 saturated carbocycles. The number of halogens is 3. The second-order valence-electron chi connectivity index (χ2n) is 2.64. The summed E-state index contributed by atoms with van der Waals surface area (Å²) in [4.78, 5) is 0. The van der Waals surface area contributed by atoms with Crippen LogP contribution in [0, 0.1) is 9.52 Å². The van der Waals surface area contributed by atoms with Crippen molar-refractivity contribution < 1.29 is 9.13 Å². The molecule has 1 N–H and O–H groups in total. The molecule has 0 aliphatic rings. The van der Waals surface area contributed by atoms with Gasteiger partial charge in [-0.1, -0.05) is 0 Å². The second kappa shape index (κ2) is 3.65. The van der Waals surface area contributed by atoms with Gasteiger partial charge >= 0.3 is 0 Å². The number of aromatic nitrogens is 2. The highest BCUT2D eigenvalue weighted by Crippen LogP contribution is 2.34. The van der Waals surface area contributed by atoms with E-state index in [0.717, 1.165) is 9.09 Å². The van der Waals surface area contributed by atoms with Crippen molar-refractivity contribution in [3.63, 3.8) is 0 Å². The number of H-pyrrole nitrogens is 1. The summed E-state index contributed by atoms with van der Waals surface area (Å²) >= 11 is 5.30. The van der Waals surface area contributed by atoms with Crippen LogP contribution in [0.25, 0.3) is 10.9 Å². The van der Waals surface area contributed by atoms with Crippen molar-refractivity contribution in [2.75, 3.05) is 7.11 Å². The molecule has 6 heteroatoms. The van der Waals surface area contributed by atoms with Gasteiger partial charge in [-0.2, -0.15) is 5.10 Å². The van der Waals surface area contributed by atoms with E-state index in [4.69, 9.17) is 4.74 Å². The molecule has 0 unspecified atom stereocenters. The minimum absolute atomic E-state index is 0.181. The number of fused-ring (bicyclic) bond motifs is 1. The molecular formula is C8H5BrFIN2O. The van der Waals surface area contributed by atoms with Crippen LogP contribution < -0.4 is 4.74 Å². The molecule has 0 bridgehead atoms. The van der Waals surface area contributed by atoms with Gasteiger partial charge in [0.25, 0.3) is 0 Å². The van der Waals surface area contributed by atoms with E-state index in [9.17, 15) is 4.39 Å². The molecule has 74 valence electrons. The van der Waals surface area contributed by atoms with E-state index in [2.05, 4.69) is 48.7 Å². The molecule has 0 aliphatic carbocycles. The summed E-state index contributed by atoms with van der Waals surface area (Å²) in [7, 11) is 1.42. The van der Waals surface area contributed by atoms with E-state index >= 15 is 0 Å². The Kier molecular flexibility index (Phi) is 2.65. The average Bonchev–Trinajstić information content (AvgIpc) is 2.49. The molecule has 2 aromatic rings. The van der Waals surface area contributed by atoms with Crippen LogP contribution in [0.15, 0.2) is 10.5 Å². The van der Waals surface area contributed by atoms with Crippen LogP contribution in [0.5, 0.6) is 5.75 Å². The van der Waals surface area contributed by atoms with Crippen LogP contribution in [-0.4, -0.2) is 17.3 Å². The van der Waals surface area contributed by atoms with Gasteiger partial charge < -0.3 is 4.74 Å². The minimum atomic E-state index is -0.448. The summed E-state index contributed by atoms with van der Waals surface area (Å²) in [6.07, 6.45) is 0. The monoisotopic (exact) mass is 370 g/mol. The maximum absolute atomic E-state index is 13.7. The van der Waals surface area contributed by atoms with Crippen LogP contribution in [-0.2, 0) is 0 Å². The summed E-state index contributed by atoms with van der Waals surface area (Å²) < 4.78 is 20.0. The van der Waals surface area contributed by atoms with Crippen molar-refractivity contribution in [1.29, 1.82) is 0 Å². The summed E-state index contributed by atoms with van der Waals surface area (Å²) in [6.45, 7) is 0. The first-order valence-electron chi connectivity index (χ1n) is 3.70. The van der Waals surface area contributed by atoms with Gasteiger partial charge in [-0.25, -0.2) is 4.39 Å². The zero-order valence-corrected chi connectivity index (χ0v) is 10.8. The van der Waals surface area contributed by atoms with E-state index in [1.807, 2.05) is 0 Å². The highest BCUT2D eigenvalue weighted by molar-refractivity contribution is 14.1. The Bertz CT molecular complexity index is 500. The van der Waals surface area contributed by atoms with Gasteiger partial charge in [0.2, 0.25) is 0 Å². The molecule has 14 heavy (non-hydrogen) atoms. The molecule has 1 heterocycles. The van der Waals surface area contributed by atoms with Gasteiger partial charge in [0.1, 0.15) is 9.22 Å². The first kappa shape index (κ1) is 10.2. The van der Waals surface area contributed by atoms with Crippen LogP contribution in [0.1, 0.15) is 0 Å². The van der Waals surface area contributed by atoms with Crippen molar-refractivity contribution in [2.24, 2.45) is 0 Å². The first-order chi connectivity index (χ1) is 6.65. The lowest BCUT2D eigenvalue weighted by atomic mass is 10.2. The topological polar surface area (TPSA) is 37.9 Å². The molecule has 1 aromatic carbocycles. The fourth-order valence-electron chi connectivity index (χ4n) is 1.22. The van der Waals surface area contributed by atoms with E-state index in [-0.39, 0.29) is 5.75 Å². The Morgan fingerprint density at radius 1 is 1.64 bits per heavy atom. The number of rotatable bonds is 1. The third-order valence-electron chi connectivity index (χ3n) is 1.86. The summed E-state index contributed by atoms with van der Waals surface area (Å²) in [6, 6.07) is 1.78. The second-order valence-corrected chi connectivity index (χ2v) is 4.57. The van der Waals surface area contributed by atoms with Gasteiger partial charge in [0.15, 0.2) is 11.6 Å². The molecule has 0 amide bonds. The van der Waals surface area contributed by atoms with Crippen LogP contribution >= 0.6 is 38.5 Å². The molecule has 0 radical (unpaired) electrons. The molecule has 0 fully saturated rings. The Morgan fingerprint density at radius 2 is 2.36 bits per heavy atom. The van der Waals surface area contributed by atoms with Gasteiger partial charge in [0.05, 0.1) is 11.6 Å². The number of aromatic amines is 1. The zero-order valence-electron chi connectivity index (χ0n) is 7.07. The third kappa shape index (κ3) is 1.40. The molecule has 0 saturated heterocycles. The molecular weight excluding hydrogens is 366 g/mol. The lowest BCUT2D eigenvalue weighted by molar-refractivity contribution is 0.386. The van der Waals surface area contributed by atoms with Crippen LogP contribution in [0.4, 0.5) is 4.39 Å². The highest BCUT2D eigenvalue weighted by Gasteiger charge is 2.16. The maximum atomic E-state index is 13.7. The minimum Gasteiger partial charge on any atom is -0.492 e. The molecule has 3 nitrogen and oxygen atoms in total. The summed E-state index contributed by atoms with van der Waals surface area (Å²) in [5.41, 5.74) is 0.300. The lowest BCUT2D eigenvalue weighted by Gasteiger charge is -2.04. The van der Waals surface area contributed by atoms with Crippen molar-refractivity contribution in [3.05, 3.63) is 20.1 Å². The summed E-state index contributed by atoms with van der Waals surface area (Å²) in [5.74, 6) is -0.267. The van der Waals surface area contributed by atoms with Crippen LogP contribution in [0.2, 0.25) is 0 Å². The van der Waals surface area contributed by atoms with Gasteiger partial charge in [-0.3, -0.25) is 5.10 Å². The van der Waals surface area contributed by atoms with Gasteiger partial charge in [-0.15, -0.1) is 0 Å². The van der Waals surface area contributed by atoms with E-state index in [1.165, 1.54) is 7.11 Å². The number of nitrogens with one attached hydrogen (secondary N) is 1. The Balaban J connectivity index is 2.87.